The van der Waals surface area contributed by atoms with Crippen molar-refractivity contribution in [2.24, 2.45) is 0 Å². The molecule has 5 fully saturated rings. The summed E-state index contributed by atoms with van der Waals surface area (Å²) in [7, 11) is 0. The summed E-state index contributed by atoms with van der Waals surface area (Å²) in [4.78, 5) is 95.3. The van der Waals surface area contributed by atoms with Crippen LogP contribution in [0, 0.1) is 24.0 Å². The summed E-state index contributed by atoms with van der Waals surface area (Å²) >= 11 is 0. The highest BCUT2D eigenvalue weighted by molar-refractivity contribution is 6.26. The lowest BCUT2D eigenvalue weighted by molar-refractivity contribution is -0.136. The molecular formula is C55H54F2N10O11. The predicted molar refractivity (Wildman–Crippen MR) is 276 cm³/mol. The fraction of sp³-hybridized carbons (Fsp3) is 0.400. The van der Waals surface area contributed by atoms with Gasteiger partial charge in [-0.2, -0.15) is 9.97 Å². The van der Waals surface area contributed by atoms with Gasteiger partial charge in [-0.15, -0.1) is 6.42 Å². The van der Waals surface area contributed by atoms with E-state index in [4.69, 9.17) is 30.4 Å². The monoisotopic (exact) mass is 1070 g/mol. The SMILES string of the molecule is C#Cc1c(F)ccc2cc(O)cc(-c3ncc4c(N5CC6CCC(C5)N6)nc(OC[C@@]56CC[C@@H](COC(=O)NCCOCCOCC(=O)Nc7cccc8c7C(=O)N(C7CCC(=O)NC7=O)C8=O)N5CC(=C)C6)nc4c3F)c12. The molecule has 0 spiro atoms. The fourth-order valence-corrected chi connectivity index (χ4v) is 11.8. The first kappa shape index (κ1) is 51.9. The number of imide groups is 2. The van der Waals surface area contributed by atoms with Crippen LogP contribution in [0.25, 0.3) is 32.9 Å². The molecule has 8 heterocycles. The smallest absolute Gasteiger partial charge is 0.407 e. The Labute approximate surface area is 445 Å². The number of aromatic hydroxyl groups is 1. The number of amides is 6. The molecule has 6 aliphatic rings. The number of carbonyl (C=O) groups excluding carboxylic acids is 6. The Morgan fingerprint density at radius 2 is 1.78 bits per heavy atom. The van der Waals surface area contributed by atoms with Gasteiger partial charge in [-0.25, -0.2) is 13.6 Å². The van der Waals surface area contributed by atoms with Gasteiger partial charge in [-0.05, 0) is 74.2 Å². The average Bonchev–Trinajstić information content (AvgIpc) is 4.30. The number of piperidine rings is 1. The van der Waals surface area contributed by atoms with E-state index in [1.165, 1.54) is 48.7 Å². The molecular weight excluding hydrogens is 1010 g/mol. The number of nitrogens with zero attached hydrogens (tertiary/aromatic N) is 6. The number of hydrogen-bond donors (Lipinski definition) is 5. The van der Waals surface area contributed by atoms with Crippen molar-refractivity contribution in [3.8, 4) is 35.4 Å². The number of hydrogen-bond acceptors (Lipinski definition) is 17. The minimum atomic E-state index is -1.15. The van der Waals surface area contributed by atoms with Crippen LogP contribution in [-0.2, 0) is 28.6 Å². The van der Waals surface area contributed by atoms with Crippen LogP contribution in [0.1, 0.15) is 71.2 Å². The van der Waals surface area contributed by atoms with Gasteiger partial charge in [0.05, 0.1) is 53.1 Å². The van der Waals surface area contributed by atoms with E-state index in [2.05, 4.69) is 53.5 Å². The zero-order valence-corrected chi connectivity index (χ0v) is 42.2. The number of ether oxygens (including phenoxy) is 4. The molecule has 0 radical (unpaired) electrons. The van der Waals surface area contributed by atoms with Crippen molar-refractivity contribution >= 4 is 68.8 Å². The number of phenolic OH excluding ortho intramolecular Hbond substituents is 1. The largest absolute Gasteiger partial charge is 0.508 e. The number of aromatic nitrogens is 3. The number of carbonyl (C=O) groups is 6. The molecule has 404 valence electrons. The summed E-state index contributed by atoms with van der Waals surface area (Å²) in [6, 6.07) is 8.85. The maximum atomic E-state index is 17.2. The predicted octanol–water partition coefficient (Wildman–Crippen LogP) is 4.09. The molecule has 5 saturated heterocycles. The second kappa shape index (κ2) is 21.3. The number of pyridine rings is 1. The Bertz CT molecular complexity index is 3380. The highest BCUT2D eigenvalue weighted by atomic mass is 19.1. The highest BCUT2D eigenvalue weighted by Crippen LogP contribution is 2.45. The lowest BCUT2D eigenvalue weighted by Gasteiger charge is -2.35. The molecule has 0 aliphatic carbocycles. The van der Waals surface area contributed by atoms with Crippen LogP contribution in [0.5, 0.6) is 11.8 Å². The van der Waals surface area contributed by atoms with Crippen LogP contribution in [0.4, 0.5) is 25.1 Å². The first-order valence-corrected chi connectivity index (χ1v) is 25.7. The van der Waals surface area contributed by atoms with Crippen molar-refractivity contribution in [3.05, 3.63) is 89.1 Å². The van der Waals surface area contributed by atoms with Gasteiger partial charge in [0.2, 0.25) is 17.7 Å². The Kier molecular flexibility index (Phi) is 14.2. The van der Waals surface area contributed by atoms with Crippen molar-refractivity contribution in [1.82, 2.24) is 40.7 Å². The maximum Gasteiger partial charge on any atom is 0.407 e. The van der Waals surface area contributed by atoms with Crippen LogP contribution >= 0.6 is 0 Å². The van der Waals surface area contributed by atoms with E-state index in [0.717, 1.165) is 23.3 Å². The minimum Gasteiger partial charge on any atom is -0.508 e. The van der Waals surface area contributed by atoms with Gasteiger partial charge in [0, 0.05) is 67.9 Å². The van der Waals surface area contributed by atoms with Gasteiger partial charge in [-0.1, -0.05) is 30.2 Å². The molecule has 5 N–H and O–H groups in total. The molecule has 21 nitrogen and oxygen atoms in total. The first-order valence-electron chi connectivity index (χ1n) is 25.7. The van der Waals surface area contributed by atoms with E-state index in [9.17, 15) is 33.9 Å². The number of phenols is 1. The topological polar surface area (TPSA) is 256 Å². The first-order chi connectivity index (χ1) is 37.7. The molecule has 6 aliphatic heterocycles. The average molecular weight is 1070 g/mol. The lowest BCUT2D eigenvalue weighted by atomic mass is 9.94. The summed E-state index contributed by atoms with van der Waals surface area (Å²) in [5, 5.41) is 22.7. The fourth-order valence-electron chi connectivity index (χ4n) is 11.8. The molecule has 5 aromatic rings. The number of anilines is 2. The van der Waals surface area contributed by atoms with E-state index in [0.29, 0.717) is 55.5 Å². The molecule has 23 heteroatoms. The van der Waals surface area contributed by atoms with Crippen LogP contribution < -0.4 is 30.9 Å². The number of rotatable bonds is 17. The minimum absolute atomic E-state index is 0.00378. The number of halogens is 2. The van der Waals surface area contributed by atoms with Gasteiger partial charge < -0.3 is 44.9 Å². The van der Waals surface area contributed by atoms with E-state index in [-0.39, 0.29) is 127 Å². The zero-order chi connectivity index (χ0) is 54.4. The van der Waals surface area contributed by atoms with Crippen LogP contribution in [0.3, 0.4) is 0 Å². The van der Waals surface area contributed by atoms with Gasteiger partial charge in [0.25, 0.3) is 11.8 Å². The lowest BCUT2D eigenvalue weighted by Crippen LogP contribution is -2.54. The summed E-state index contributed by atoms with van der Waals surface area (Å²) < 4.78 is 55.4. The molecule has 5 atom stereocenters. The van der Waals surface area contributed by atoms with Gasteiger partial charge >= 0.3 is 12.1 Å². The number of terminal acetylenes is 1. The van der Waals surface area contributed by atoms with Crippen molar-refractivity contribution in [2.75, 3.05) is 76.0 Å². The van der Waals surface area contributed by atoms with Gasteiger partial charge in [0.15, 0.2) is 5.82 Å². The van der Waals surface area contributed by atoms with E-state index >= 15 is 8.78 Å². The Balaban J connectivity index is 0.671. The second-order valence-corrected chi connectivity index (χ2v) is 20.4. The van der Waals surface area contributed by atoms with Crippen molar-refractivity contribution in [2.45, 2.75) is 74.7 Å². The number of nitrogens with one attached hydrogen (secondary N) is 4. The van der Waals surface area contributed by atoms with Crippen LogP contribution in [-0.4, -0.2) is 161 Å². The van der Waals surface area contributed by atoms with E-state index in [1.54, 1.807) is 0 Å². The third-order valence-corrected chi connectivity index (χ3v) is 15.3. The summed E-state index contributed by atoms with van der Waals surface area (Å²) in [5.41, 5.74) is 0.242. The van der Waals surface area contributed by atoms with Crippen molar-refractivity contribution in [3.63, 3.8) is 0 Å². The molecule has 3 aromatic carbocycles. The van der Waals surface area contributed by atoms with E-state index < -0.39 is 65.5 Å². The number of piperazine rings is 1. The van der Waals surface area contributed by atoms with Gasteiger partial charge in [-0.3, -0.25) is 44.1 Å². The van der Waals surface area contributed by atoms with Crippen molar-refractivity contribution < 1.29 is 61.6 Å². The third kappa shape index (κ3) is 9.91. The zero-order valence-electron chi connectivity index (χ0n) is 42.2. The summed E-state index contributed by atoms with van der Waals surface area (Å²) in [6.45, 7) is 6.25. The molecule has 2 bridgehead atoms. The number of fused-ring (bicyclic) bond motifs is 6. The number of benzene rings is 3. The third-order valence-electron chi connectivity index (χ3n) is 15.3. The molecule has 6 amide bonds. The molecule has 0 saturated carbocycles. The second-order valence-electron chi connectivity index (χ2n) is 20.4. The molecule has 11 rings (SSSR count). The Morgan fingerprint density at radius 1 is 0.974 bits per heavy atom. The van der Waals surface area contributed by atoms with Gasteiger partial charge in [0.1, 0.15) is 54.5 Å². The maximum absolute atomic E-state index is 17.2. The van der Waals surface area contributed by atoms with E-state index in [1.807, 2.05) is 0 Å². The number of alkyl carbamates (subject to hydrolysis) is 1. The van der Waals surface area contributed by atoms with Crippen LogP contribution in [0.15, 0.2) is 60.8 Å². The highest BCUT2D eigenvalue weighted by Gasteiger charge is 2.52. The standard InChI is InChI=1S/C55H54F2N10O11/c1-3-35-39(56)10-7-30-19-34(68)20-37(44(30)35)47-46(57)48-38(22-59-47)49(65-24-31-8-9-32(25-65)60-31)64-53(63-48)78-28-55-14-13-33(66(55)23-29(2)21-55)26-77-54(74)58-15-16-75-17-18-76-27-43(70)61-40-6-4-5-36-45(40)52(73)67(51(36)72)41-11-12-42(69)62-50(41)71/h1,4-7,10,19-20,22,31-33,41,60,68H,2,8-9,11-18,21,23-28H2,(H,58,74)(H,61,70)(H,62,69,71)/t31?,32?,33-,41?,55-/m0/s1. The Hall–Kier alpha value is -8.17. The summed E-state index contributed by atoms with van der Waals surface area (Å²) in [5.74, 6) is -2.12. The van der Waals surface area contributed by atoms with Crippen LogP contribution in [0.2, 0.25) is 0 Å². The summed E-state index contributed by atoms with van der Waals surface area (Å²) in [6.07, 6.45) is 10.5. The molecule has 78 heavy (non-hydrogen) atoms. The molecule has 2 aromatic heterocycles. The van der Waals surface area contributed by atoms with Crippen molar-refractivity contribution in [1.29, 1.82) is 0 Å². The molecule has 3 unspecified atom stereocenters. The Morgan fingerprint density at radius 3 is 2.58 bits per heavy atom. The quantitative estimate of drug-likeness (QED) is 0.0380. The normalized spacial score (nSPS) is 22.7.